The summed E-state index contributed by atoms with van der Waals surface area (Å²) in [6, 6.07) is 0.193. The number of hydrogen-bond acceptors (Lipinski definition) is 3. The van der Waals surface area contributed by atoms with Crippen LogP contribution in [0.25, 0.3) is 0 Å². The summed E-state index contributed by atoms with van der Waals surface area (Å²) in [5, 5.41) is 9.20. The molecule has 140 valence electrons. The summed E-state index contributed by atoms with van der Waals surface area (Å²) in [5.74, 6) is 0. The second kappa shape index (κ2) is 10.9. The highest BCUT2D eigenvalue weighted by atomic mass is 16.5. The summed E-state index contributed by atoms with van der Waals surface area (Å²) < 4.78 is 6.01. The molecule has 0 atom stereocenters. The van der Waals surface area contributed by atoms with E-state index in [1.165, 1.54) is 51.7 Å². The van der Waals surface area contributed by atoms with Gasteiger partial charge >= 0.3 is 6.09 Å². The summed E-state index contributed by atoms with van der Waals surface area (Å²) >= 11 is 0. The third kappa shape index (κ3) is 6.60. The van der Waals surface area contributed by atoms with Gasteiger partial charge in [0.05, 0.1) is 6.10 Å². The minimum absolute atomic E-state index is 0.193. The van der Waals surface area contributed by atoms with Crippen molar-refractivity contribution in [3.8, 4) is 0 Å². The SMILES string of the molecule is CCN(C(=O)O)C1CCC(OCCCCCCN2CCCC2)CC1. The van der Waals surface area contributed by atoms with Crippen molar-refractivity contribution < 1.29 is 14.6 Å². The van der Waals surface area contributed by atoms with Gasteiger partial charge in [0.15, 0.2) is 0 Å². The Morgan fingerprint density at radius 3 is 2.38 bits per heavy atom. The van der Waals surface area contributed by atoms with Gasteiger partial charge in [0.1, 0.15) is 0 Å². The van der Waals surface area contributed by atoms with Gasteiger partial charge < -0.3 is 19.6 Å². The van der Waals surface area contributed by atoms with Crippen LogP contribution in [0.15, 0.2) is 0 Å². The Hall–Kier alpha value is -0.810. The molecule has 24 heavy (non-hydrogen) atoms. The minimum atomic E-state index is -0.782. The Morgan fingerprint density at radius 2 is 1.75 bits per heavy atom. The normalized spacial score (nSPS) is 25.0. The third-order valence-corrected chi connectivity index (χ3v) is 5.59. The van der Waals surface area contributed by atoms with Crippen molar-refractivity contribution in [2.45, 2.75) is 83.3 Å². The van der Waals surface area contributed by atoms with Crippen molar-refractivity contribution in [3.63, 3.8) is 0 Å². The fourth-order valence-electron chi connectivity index (χ4n) is 4.12. The number of rotatable bonds is 10. The second-order valence-corrected chi connectivity index (χ2v) is 7.33. The molecule has 0 radical (unpaired) electrons. The lowest BCUT2D eigenvalue weighted by Gasteiger charge is -2.34. The summed E-state index contributed by atoms with van der Waals surface area (Å²) in [4.78, 5) is 15.4. The molecule has 1 saturated heterocycles. The molecule has 0 spiro atoms. The first-order valence-electron chi connectivity index (χ1n) is 10.0. The molecule has 1 saturated carbocycles. The van der Waals surface area contributed by atoms with Crippen LogP contribution in [0.2, 0.25) is 0 Å². The highest BCUT2D eigenvalue weighted by Gasteiger charge is 2.27. The molecule has 0 aromatic carbocycles. The van der Waals surface area contributed by atoms with Crippen LogP contribution in [0.4, 0.5) is 4.79 Å². The summed E-state index contributed by atoms with van der Waals surface area (Å²) in [6.07, 6.45) is 11.3. The summed E-state index contributed by atoms with van der Waals surface area (Å²) in [5.41, 5.74) is 0. The zero-order valence-electron chi connectivity index (χ0n) is 15.4. The molecular weight excluding hydrogens is 304 g/mol. The van der Waals surface area contributed by atoms with Crippen LogP contribution in [0, 0.1) is 0 Å². The van der Waals surface area contributed by atoms with E-state index in [4.69, 9.17) is 4.74 Å². The third-order valence-electron chi connectivity index (χ3n) is 5.59. The van der Waals surface area contributed by atoms with E-state index in [0.717, 1.165) is 38.7 Å². The molecule has 1 N–H and O–H groups in total. The maximum absolute atomic E-state index is 11.2. The van der Waals surface area contributed by atoms with Gasteiger partial charge in [0.25, 0.3) is 0 Å². The number of amides is 1. The number of carboxylic acid groups (broad SMARTS) is 1. The molecule has 5 nitrogen and oxygen atoms in total. The molecule has 2 aliphatic rings. The molecule has 0 aromatic rings. The quantitative estimate of drug-likeness (QED) is 0.611. The standard InChI is InChI=1S/C19H36N2O3/c1-2-21(19(22)23)17-9-11-18(12-10-17)24-16-8-4-3-5-13-20-14-6-7-15-20/h17-18H,2-16H2,1H3,(H,22,23). The lowest BCUT2D eigenvalue weighted by molar-refractivity contribution is 0.00763. The van der Waals surface area contributed by atoms with E-state index in [1.807, 2.05) is 6.92 Å². The first kappa shape index (κ1) is 19.5. The average molecular weight is 341 g/mol. The molecule has 2 rings (SSSR count). The van der Waals surface area contributed by atoms with E-state index in [0.29, 0.717) is 12.6 Å². The van der Waals surface area contributed by atoms with Crippen LogP contribution in [-0.4, -0.2) is 65.9 Å². The van der Waals surface area contributed by atoms with E-state index < -0.39 is 6.09 Å². The molecule has 2 fully saturated rings. The molecule has 1 aliphatic heterocycles. The van der Waals surface area contributed by atoms with Gasteiger partial charge in [-0.1, -0.05) is 12.8 Å². The minimum Gasteiger partial charge on any atom is -0.465 e. The fourth-order valence-corrected chi connectivity index (χ4v) is 4.12. The Labute approximate surface area is 147 Å². The van der Waals surface area contributed by atoms with Crippen molar-refractivity contribution in [2.75, 3.05) is 32.8 Å². The maximum Gasteiger partial charge on any atom is 0.407 e. The Kier molecular flexibility index (Phi) is 8.89. The second-order valence-electron chi connectivity index (χ2n) is 7.33. The van der Waals surface area contributed by atoms with Gasteiger partial charge in [-0.25, -0.2) is 4.79 Å². The van der Waals surface area contributed by atoms with Crippen molar-refractivity contribution in [1.82, 2.24) is 9.80 Å². The highest BCUT2D eigenvalue weighted by molar-refractivity contribution is 5.65. The van der Waals surface area contributed by atoms with Crippen LogP contribution in [0.1, 0.15) is 71.1 Å². The Balaban J connectivity index is 1.45. The van der Waals surface area contributed by atoms with E-state index in [9.17, 15) is 9.90 Å². The van der Waals surface area contributed by atoms with E-state index in [2.05, 4.69) is 4.90 Å². The van der Waals surface area contributed by atoms with Crippen molar-refractivity contribution in [1.29, 1.82) is 0 Å². The fraction of sp³-hybridized carbons (Fsp3) is 0.947. The Bertz CT molecular complexity index is 351. The zero-order chi connectivity index (χ0) is 17.2. The topological polar surface area (TPSA) is 53.0 Å². The highest BCUT2D eigenvalue weighted by Crippen LogP contribution is 2.25. The summed E-state index contributed by atoms with van der Waals surface area (Å²) in [7, 11) is 0. The van der Waals surface area contributed by atoms with Crippen LogP contribution < -0.4 is 0 Å². The predicted octanol–water partition coefficient (Wildman–Crippen LogP) is 3.97. The lowest BCUT2D eigenvalue weighted by Crippen LogP contribution is -2.42. The first-order valence-corrected chi connectivity index (χ1v) is 10.0. The summed E-state index contributed by atoms with van der Waals surface area (Å²) in [6.45, 7) is 7.27. The average Bonchev–Trinajstić information content (AvgIpc) is 3.09. The van der Waals surface area contributed by atoms with E-state index >= 15 is 0 Å². The molecule has 0 bridgehead atoms. The van der Waals surface area contributed by atoms with Gasteiger partial charge in [0, 0.05) is 19.2 Å². The first-order chi connectivity index (χ1) is 11.7. The number of carbonyl (C=O) groups is 1. The van der Waals surface area contributed by atoms with Crippen LogP contribution >= 0.6 is 0 Å². The monoisotopic (exact) mass is 340 g/mol. The van der Waals surface area contributed by atoms with Crippen molar-refractivity contribution >= 4 is 6.09 Å². The smallest absolute Gasteiger partial charge is 0.407 e. The molecular formula is C19H36N2O3. The molecule has 1 aliphatic carbocycles. The predicted molar refractivity (Wildman–Crippen MR) is 96.5 cm³/mol. The molecule has 5 heteroatoms. The molecule has 1 amide bonds. The van der Waals surface area contributed by atoms with E-state index in [-0.39, 0.29) is 6.04 Å². The molecule has 0 unspecified atom stereocenters. The molecule has 1 heterocycles. The van der Waals surface area contributed by atoms with Gasteiger partial charge in [0.2, 0.25) is 0 Å². The van der Waals surface area contributed by atoms with Crippen molar-refractivity contribution in [2.24, 2.45) is 0 Å². The van der Waals surface area contributed by atoms with Gasteiger partial charge in [-0.3, -0.25) is 0 Å². The Morgan fingerprint density at radius 1 is 1.08 bits per heavy atom. The van der Waals surface area contributed by atoms with Crippen LogP contribution in [-0.2, 0) is 4.74 Å². The van der Waals surface area contributed by atoms with Gasteiger partial charge in [-0.05, 0) is 77.9 Å². The largest absolute Gasteiger partial charge is 0.465 e. The number of likely N-dealkylation sites (tertiary alicyclic amines) is 1. The zero-order valence-corrected chi connectivity index (χ0v) is 15.4. The van der Waals surface area contributed by atoms with E-state index in [1.54, 1.807) is 4.90 Å². The van der Waals surface area contributed by atoms with Gasteiger partial charge in [-0.15, -0.1) is 0 Å². The lowest BCUT2D eigenvalue weighted by atomic mass is 9.92. The molecule has 0 aromatic heterocycles. The number of unbranched alkanes of at least 4 members (excludes halogenated alkanes) is 3. The number of ether oxygens (including phenoxy) is 1. The number of hydrogen-bond donors (Lipinski definition) is 1. The van der Waals surface area contributed by atoms with Gasteiger partial charge in [-0.2, -0.15) is 0 Å². The maximum atomic E-state index is 11.2. The van der Waals surface area contributed by atoms with Crippen LogP contribution in [0.3, 0.4) is 0 Å². The van der Waals surface area contributed by atoms with Crippen LogP contribution in [0.5, 0.6) is 0 Å². The van der Waals surface area contributed by atoms with Crippen molar-refractivity contribution in [3.05, 3.63) is 0 Å². The number of nitrogens with zero attached hydrogens (tertiary/aromatic N) is 2.